The van der Waals surface area contributed by atoms with E-state index in [0.717, 1.165) is 5.39 Å². The molecule has 1 aromatic heterocycles. The van der Waals surface area contributed by atoms with Crippen LogP contribution in [-0.4, -0.2) is 40.2 Å². The molecule has 12 heteroatoms. The number of nitrogens with two attached hydrogens (primary N) is 1. The Kier molecular flexibility index (Phi) is 7.31. The molecule has 224 valence electrons. The molecule has 5 N–H and O–H groups in total. The number of aromatic nitrogens is 1. The molecule has 1 aliphatic carbocycles. The lowest BCUT2D eigenvalue weighted by molar-refractivity contribution is 0.0593. The van der Waals surface area contributed by atoms with Crippen molar-refractivity contribution in [1.29, 1.82) is 0 Å². The monoisotopic (exact) mass is 623 g/mol. The Morgan fingerprint density at radius 2 is 1.78 bits per heavy atom. The van der Waals surface area contributed by atoms with Gasteiger partial charge in [-0.15, -0.1) is 0 Å². The van der Waals surface area contributed by atoms with Crippen LogP contribution in [0.15, 0.2) is 82.0 Å². The van der Waals surface area contributed by atoms with Gasteiger partial charge >= 0.3 is 17.9 Å². The van der Waals surface area contributed by atoms with E-state index >= 15 is 0 Å². The van der Waals surface area contributed by atoms with Crippen molar-refractivity contribution >= 4 is 62.8 Å². The van der Waals surface area contributed by atoms with Gasteiger partial charge in [0.25, 0.3) is 0 Å². The third-order valence-electron chi connectivity index (χ3n) is 7.42. The molecule has 0 unspecified atom stereocenters. The Morgan fingerprint density at radius 3 is 2.51 bits per heavy atom. The number of rotatable bonds is 7. The predicted octanol–water partition coefficient (Wildman–Crippen LogP) is 6.14. The molecule has 6 rings (SSSR count). The number of carbonyl (C=O) groups is 3. The zero-order valence-electron chi connectivity index (χ0n) is 23.4. The van der Waals surface area contributed by atoms with E-state index in [2.05, 4.69) is 10.3 Å². The van der Waals surface area contributed by atoms with Gasteiger partial charge in [-0.25, -0.2) is 19.4 Å². The summed E-state index contributed by atoms with van der Waals surface area (Å²) in [6, 6.07) is 18.2. The number of benzene rings is 4. The minimum absolute atomic E-state index is 0.0830. The lowest BCUT2D eigenvalue weighted by Gasteiger charge is -2.20. The van der Waals surface area contributed by atoms with Crippen molar-refractivity contribution < 1.29 is 33.8 Å². The molecule has 45 heavy (non-hydrogen) atoms. The Morgan fingerprint density at radius 1 is 0.978 bits per heavy atom. The average Bonchev–Trinajstić information content (AvgIpc) is 3.03. The van der Waals surface area contributed by atoms with E-state index in [-0.39, 0.29) is 45.3 Å². The molecule has 2 heterocycles. The summed E-state index contributed by atoms with van der Waals surface area (Å²) in [6.45, 7) is 0.0830. The molecule has 0 radical (unpaired) electrons. The number of nitrogens with zero attached hydrogens (tertiary/aromatic N) is 1. The number of esters is 1. The van der Waals surface area contributed by atoms with Crippen LogP contribution in [0.4, 0.5) is 11.4 Å². The van der Waals surface area contributed by atoms with Gasteiger partial charge in [0.15, 0.2) is 0 Å². The molecular weight excluding hydrogens is 602 g/mol. The number of carboxylic acids is 2. The number of anilines is 2. The van der Waals surface area contributed by atoms with Gasteiger partial charge in [-0.1, -0.05) is 29.8 Å². The van der Waals surface area contributed by atoms with Crippen molar-refractivity contribution in [3.63, 3.8) is 0 Å². The number of carbonyl (C=O) groups excluding carboxylic acids is 1. The number of carboxylic acid groups (broad SMARTS) is 2. The Labute approximate surface area is 258 Å². The smallest absolute Gasteiger partial charge is 0.356 e. The van der Waals surface area contributed by atoms with E-state index in [4.69, 9.17) is 26.5 Å². The molecule has 4 aromatic rings. The second-order valence-corrected chi connectivity index (χ2v) is 10.5. The van der Waals surface area contributed by atoms with Crippen LogP contribution in [0.2, 0.25) is 5.02 Å². The van der Waals surface area contributed by atoms with Gasteiger partial charge in [-0.2, -0.15) is 0 Å². The molecule has 0 atom stereocenters. The molecule has 1 aliphatic heterocycles. The Bertz CT molecular complexity index is 2240. The maximum absolute atomic E-state index is 12.6. The zero-order valence-corrected chi connectivity index (χ0v) is 24.1. The SMILES string of the molecule is COC(=O)c1ccc2cccc(NCc3c(N)ccc4c(-c5cc(C(=O)O)ccc5C(=O)O)c5cc(Cl)c(=O)cc-5oc34)c2n1. The van der Waals surface area contributed by atoms with Gasteiger partial charge in [-0.3, -0.25) is 4.79 Å². The topological polar surface area (TPSA) is 182 Å². The summed E-state index contributed by atoms with van der Waals surface area (Å²) in [6.07, 6.45) is 0. The van der Waals surface area contributed by atoms with Crippen LogP contribution in [0, 0.1) is 0 Å². The minimum atomic E-state index is -1.29. The molecule has 0 fully saturated rings. The maximum Gasteiger partial charge on any atom is 0.356 e. The summed E-state index contributed by atoms with van der Waals surface area (Å²) in [7, 11) is 1.27. The third-order valence-corrected chi connectivity index (χ3v) is 7.71. The highest BCUT2D eigenvalue weighted by Gasteiger charge is 2.25. The Hall–Kier alpha value is -5.94. The fraction of sp³-hybridized carbons (Fsp3) is 0.0606. The summed E-state index contributed by atoms with van der Waals surface area (Å²) in [5.41, 5.74) is 8.50. The largest absolute Gasteiger partial charge is 0.478 e. The summed E-state index contributed by atoms with van der Waals surface area (Å²) in [4.78, 5) is 53.4. The summed E-state index contributed by atoms with van der Waals surface area (Å²) >= 11 is 6.21. The van der Waals surface area contributed by atoms with E-state index in [1.54, 1.807) is 30.3 Å². The predicted molar refractivity (Wildman–Crippen MR) is 168 cm³/mol. The third kappa shape index (κ3) is 5.15. The lowest BCUT2D eigenvalue weighted by atomic mass is 9.88. The van der Waals surface area contributed by atoms with E-state index < -0.39 is 23.3 Å². The normalized spacial score (nSPS) is 11.2. The first-order chi connectivity index (χ1) is 21.6. The first-order valence-electron chi connectivity index (χ1n) is 13.4. The zero-order chi connectivity index (χ0) is 32.0. The first kappa shape index (κ1) is 29.1. The van der Waals surface area contributed by atoms with Crippen molar-refractivity contribution in [3.05, 3.63) is 110 Å². The minimum Gasteiger partial charge on any atom is -0.478 e. The van der Waals surface area contributed by atoms with E-state index in [1.165, 1.54) is 37.4 Å². The molecule has 0 amide bonds. The van der Waals surface area contributed by atoms with E-state index in [0.29, 0.717) is 39.0 Å². The van der Waals surface area contributed by atoms with Crippen LogP contribution in [0.1, 0.15) is 36.8 Å². The van der Waals surface area contributed by atoms with Gasteiger partial charge in [0.05, 0.1) is 34.5 Å². The number of ether oxygens (including phenoxy) is 1. The second kappa shape index (κ2) is 11.3. The number of halogens is 1. The van der Waals surface area contributed by atoms with Crippen LogP contribution in [0.3, 0.4) is 0 Å². The lowest BCUT2D eigenvalue weighted by Crippen LogP contribution is -2.09. The first-order valence-corrected chi connectivity index (χ1v) is 13.8. The van der Waals surface area contributed by atoms with Crippen LogP contribution in [0.25, 0.3) is 44.3 Å². The average molecular weight is 624 g/mol. The number of para-hydroxylation sites is 1. The van der Waals surface area contributed by atoms with Gasteiger partial charge < -0.3 is 30.4 Å². The molecular formula is C33H22ClN3O8. The highest BCUT2D eigenvalue weighted by atomic mass is 35.5. The highest BCUT2D eigenvalue weighted by Crippen LogP contribution is 2.44. The molecule has 0 spiro atoms. The highest BCUT2D eigenvalue weighted by molar-refractivity contribution is 6.31. The summed E-state index contributed by atoms with van der Waals surface area (Å²) in [5.74, 6) is -3.04. The second-order valence-electron chi connectivity index (χ2n) is 10.1. The van der Waals surface area contributed by atoms with E-state index in [1.807, 2.05) is 12.1 Å². The summed E-state index contributed by atoms with van der Waals surface area (Å²) in [5, 5.41) is 24.1. The molecule has 2 aliphatic rings. The van der Waals surface area contributed by atoms with Crippen LogP contribution < -0.4 is 16.5 Å². The summed E-state index contributed by atoms with van der Waals surface area (Å²) < 4.78 is 11.1. The van der Waals surface area contributed by atoms with Crippen molar-refractivity contribution in [2.75, 3.05) is 18.2 Å². The number of methoxy groups -OCH3 is 1. The fourth-order valence-corrected chi connectivity index (χ4v) is 5.42. The number of nitrogens with one attached hydrogen (secondary N) is 1. The standard InChI is InChI=1S/C33H22ClN3O8/c1-44-33(43)25-10-6-15-3-2-4-24(29(15)37-25)36-14-21-23(35)9-8-18-28(19-11-16(31(39)40)5-7-17(19)32(41)42)20-12-22(34)26(38)13-27(20)45-30(18)21/h2-13,36H,14,35H2,1H3,(H,39,40)(H,41,42). The van der Waals surface area contributed by atoms with Crippen molar-refractivity contribution in [2.45, 2.75) is 6.54 Å². The number of pyridine rings is 1. The van der Waals surface area contributed by atoms with Crippen LogP contribution in [-0.2, 0) is 11.3 Å². The maximum atomic E-state index is 12.6. The van der Waals surface area contributed by atoms with Crippen molar-refractivity contribution in [2.24, 2.45) is 0 Å². The van der Waals surface area contributed by atoms with Gasteiger partial charge in [0.2, 0.25) is 5.43 Å². The number of fused-ring (bicyclic) bond motifs is 3. The van der Waals surface area contributed by atoms with Gasteiger partial charge in [0, 0.05) is 45.8 Å². The molecule has 0 bridgehead atoms. The number of hydrogen-bond acceptors (Lipinski definition) is 9. The number of hydrogen-bond donors (Lipinski definition) is 4. The Balaban J connectivity index is 1.59. The molecule has 0 saturated carbocycles. The van der Waals surface area contributed by atoms with Crippen LogP contribution in [0.5, 0.6) is 0 Å². The number of nitrogen functional groups attached to an aromatic ring is 1. The van der Waals surface area contributed by atoms with Crippen molar-refractivity contribution in [1.82, 2.24) is 4.98 Å². The van der Waals surface area contributed by atoms with Crippen molar-refractivity contribution in [3.8, 4) is 22.5 Å². The molecule has 11 nitrogen and oxygen atoms in total. The quantitative estimate of drug-likeness (QED) is 0.0909. The van der Waals surface area contributed by atoms with Gasteiger partial charge in [0.1, 0.15) is 17.0 Å². The molecule has 3 aromatic carbocycles. The fourth-order valence-electron chi connectivity index (χ4n) is 5.26. The molecule has 0 saturated heterocycles. The van der Waals surface area contributed by atoms with Crippen LogP contribution >= 0.6 is 11.6 Å². The van der Waals surface area contributed by atoms with Gasteiger partial charge in [-0.05, 0) is 54.1 Å². The van der Waals surface area contributed by atoms with E-state index in [9.17, 15) is 29.4 Å². The number of aromatic carboxylic acids is 2.